The van der Waals surface area contributed by atoms with Crippen molar-refractivity contribution in [2.24, 2.45) is 0 Å². The number of methoxy groups -OCH3 is 1. The first-order chi connectivity index (χ1) is 9.54. The van der Waals surface area contributed by atoms with Gasteiger partial charge in [0.15, 0.2) is 5.16 Å². The molecule has 6 heteroatoms. The molecule has 106 valence electrons. The lowest BCUT2D eigenvalue weighted by atomic mass is 10.2. The number of ether oxygens (including phenoxy) is 1. The van der Waals surface area contributed by atoms with Crippen molar-refractivity contribution < 1.29 is 9.53 Å². The van der Waals surface area contributed by atoms with E-state index in [4.69, 9.17) is 0 Å². The van der Waals surface area contributed by atoms with Gasteiger partial charge >= 0.3 is 5.97 Å². The summed E-state index contributed by atoms with van der Waals surface area (Å²) in [6.45, 7) is 3.83. The first kappa shape index (κ1) is 14.6. The van der Waals surface area contributed by atoms with E-state index in [1.54, 1.807) is 16.7 Å². The van der Waals surface area contributed by atoms with Crippen LogP contribution >= 0.6 is 11.8 Å². The van der Waals surface area contributed by atoms with E-state index in [1.165, 1.54) is 18.9 Å². The number of rotatable bonds is 4. The van der Waals surface area contributed by atoms with Crippen LogP contribution in [-0.4, -0.2) is 28.4 Å². The summed E-state index contributed by atoms with van der Waals surface area (Å²) in [5, 5.41) is 1.12. The van der Waals surface area contributed by atoms with Crippen LogP contribution < -0.4 is 5.56 Å². The Hall–Kier alpha value is -1.82. The molecule has 0 N–H and O–H groups in total. The molecule has 0 unspecified atom stereocenters. The van der Waals surface area contributed by atoms with Crippen molar-refractivity contribution in [3.05, 3.63) is 34.6 Å². The Kier molecular flexibility index (Phi) is 4.44. The Balaban J connectivity index is 2.54. The van der Waals surface area contributed by atoms with Gasteiger partial charge in [-0.05, 0) is 26.0 Å². The van der Waals surface area contributed by atoms with Gasteiger partial charge in [0.05, 0.1) is 23.8 Å². The molecule has 0 aliphatic heterocycles. The second-order valence-electron chi connectivity index (χ2n) is 4.55. The highest BCUT2D eigenvalue weighted by Crippen LogP contribution is 2.20. The minimum absolute atomic E-state index is 0.0280. The van der Waals surface area contributed by atoms with Gasteiger partial charge in [0.25, 0.3) is 5.56 Å². The molecule has 0 saturated carbocycles. The normalized spacial score (nSPS) is 11.0. The fraction of sp³-hybridized carbons (Fsp3) is 0.357. The minimum Gasteiger partial charge on any atom is -0.468 e. The summed E-state index contributed by atoms with van der Waals surface area (Å²) in [7, 11) is 1.34. The first-order valence-corrected chi connectivity index (χ1v) is 7.24. The van der Waals surface area contributed by atoms with Crippen LogP contribution in [0.25, 0.3) is 10.9 Å². The molecule has 20 heavy (non-hydrogen) atoms. The van der Waals surface area contributed by atoms with E-state index in [2.05, 4.69) is 9.72 Å². The third-order valence-corrected chi connectivity index (χ3v) is 3.76. The maximum atomic E-state index is 12.5. The fourth-order valence-electron chi connectivity index (χ4n) is 1.87. The quantitative estimate of drug-likeness (QED) is 0.491. The number of nitrogens with zero attached hydrogens (tertiary/aromatic N) is 2. The van der Waals surface area contributed by atoms with E-state index in [1.807, 2.05) is 26.0 Å². The Labute approximate surface area is 121 Å². The molecule has 0 saturated heterocycles. The molecule has 1 aromatic carbocycles. The average molecular weight is 292 g/mol. The Morgan fingerprint density at radius 3 is 2.75 bits per heavy atom. The second-order valence-corrected chi connectivity index (χ2v) is 5.49. The van der Waals surface area contributed by atoms with Crippen molar-refractivity contribution in [2.45, 2.75) is 25.0 Å². The van der Waals surface area contributed by atoms with E-state index >= 15 is 0 Å². The molecule has 0 aliphatic rings. The van der Waals surface area contributed by atoms with Gasteiger partial charge in [0.2, 0.25) is 0 Å². The van der Waals surface area contributed by atoms with Crippen LogP contribution in [0.15, 0.2) is 34.2 Å². The zero-order valence-corrected chi connectivity index (χ0v) is 12.4. The molecule has 5 nitrogen and oxygen atoms in total. The highest BCUT2D eigenvalue weighted by Gasteiger charge is 2.15. The Morgan fingerprint density at radius 2 is 2.10 bits per heavy atom. The summed E-state index contributed by atoms with van der Waals surface area (Å²) in [6, 6.07) is 7.18. The van der Waals surface area contributed by atoms with Crippen LogP contribution in [-0.2, 0) is 9.53 Å². The lowest BCUT2D eigenvalue weighted by Crippen LogP contribution is -2.25. The van der Waals surface area contributed by atoms with E-state index in [-0.39, 0.29) is 23.3 Å². The van der Waals surface area contributed by atoms with Gasteiger partial charge in [-0.1, -0.05) is 23.9 Å². The molecule has 0 bridgehead atoms. The first-order valence-electron chi connectivity index (χ1n) is 6.25. The number of hydrogen-bond acceptors (Lipinski definition) is 5. The van der Waals surface area contributed by atoms with Crippen molar-refractivity contribution in [2.75, 3.05) is 12.9 Å². The van der Waals surface area contributed by atoms with E-state index < -0.39 is 0 Å². The predicted molar refractivity (Wildman–Crippen MR) is 79.1 cm³/mol. The van der Waals surface area contributed by atoms with Gasteiger partial charge < -0.3 is 4.74 Å². The summed E-state index contributed by atoms with van der Waals surface area (Å²) >= 11 is 1.21. The number of carbonyl (C=O) groups is 1. The number of carbonyl (C=O) groups excluding carboxylic acids is 1. The van der Waals surface area contributed by atoms with Crippen molar-refractivity contribution in [3.63, 3.8) is 0 Å². The number of hydrogen-bond donors (Lipinski definition) is 0. The van der Waals surface area contributed by atoms with Crippen molar-refractivity contribution in [3.8, 4) is 0 Å². The number of fused-ring (bicyclic) bond motifs is 1. The molecule has 0 spiro atoms. The van der Waals surface area contributed by atoms with Gasteiger partial charge in [-0.25, -0.2) is 4.98 Å². The molecule has 1 heterocycles. The lowest BCUT2D eigenvalue weighted by Gasteiger charge is -2.15. The molecule has 1 aromatic heterocycles. The van der Waals surface area contributed by atoms with Crippen molar-refractivity contribution in [1.82, 2.24) is 9.55 Å². The monoisotopic (exact) mass is 292 g/mol. The molecule has 2 aromatic rings. The topological polar surface area (TPSA) is 61.2 Å². The van der Waals surface area contributed by atoms with E-state index in [9.17, 15) is 9.59 Å². The van der Waals surface area contributed by atoms with Crippen LogP contribution in [0, 0.1) is 0 Å². The highest BCUT2D eigenvalue weighted by atomic mass is 32.2. The van der Waals surface area contributed by atoms with Gasteiger partial charge in [0.1, 0.15) is 0 Å². The standard InChI is InChI=1S/C14H16N2O3S/c1-9(2)16-13(18)10-6-4-5-7-11(10)15-14(16)20-8-12(17)19-3/h4-7,9H,8H2,1-3H3. The minimum atomic E-state index is -0.340. The average Bonchev–Trinajstić information content (AvgIpc) is 2.44. The van der Waals surface area contributed by atoms with Gasteiger partial charge in [-0.3, -0.25) is 14.2 Å². The second kappa shape index (κ2) is 6.09. The SMILES string of the molecule is COC(=O)CSc1nc2ccccc2c(=O)n1C(C)C. The number of benzene rings is 1. The third-order valence-electron chi connectivity index (χ3n) is 2.84. The van der Waals surface area contributed by atoms with Crippen molar-refractivity contribution in [1.29, 1.82) is 0 Å². The van der Waals surface area contributed by atoms with E-state index in [0.717, 1.165) is 0 Å². The van der Waals surface area contributed by atoms with E-state index in [0.29, 0.717) is 16.1 Å². The number of aromatic nitrogens is 2. The summed E-state index contributed by atoms with van der Waals surface area (Å²) in [4.78, 5) is 28.2. The zero-order chi connectivity index (χ0) is 14.7. The summed E-state index contributed by atoms with van der Waals surface area (Å²) in [5.74, 6) is -0.207. The molecule has 0 radical (unpaired) electrons. The maximum Gasteiger partial charge on any atom is 0.316 e. The predicted octanol–water partition coefficient (Wildman–Crippen LogP) is 2.24. The number of para-hydroxylation sites is 1. The molecule has 0 amide bonds. The van der Waals surface area contributed by atoms with Crippen LogP contribution in [0.4, 0.5) is 0 Å². The zero-order valence-electron chi connectivity index (χ0n) is 11.6. The smallest absolute Gasteiger partial charge is 0.316 e. The summed E-state index contributed by atoms with van der Waals surface area (Å²) in [6.07, 6.45) is 0. The summed E-state index contributed by atoms with van der Waals surface area (Å²) in [5.41, 5.74) is 0.555. The van der Waals surface area contributed by atoms with Crippen LogP contribution in [0.5, 0.6) is 0 Å². The third kappa shape index (κ3) is 2.85. The molecule has 0 atom stereocenters. The highest BCUT2D eigenvalue weighted by molar-refractivity contribution is 7.99. The molecule has 2 rings (SSSR count). The Morgan fingerprint density at radius 1 is 1.40 bits per heavy atom. The van der Waals surface area contributed by atoms with Gasteiger partial charge in [-0.2, -0.15) is 0 Å². The molecular weight excluding hydrogens is 276 g/mol. The van der Waals surface area contributed by atoms with Gasteiger partial charge in [-0.15, -0.1) is 0 Å². The fourth-order valence-corrected chi connectivity index (χ4v) is 2.83. The number of thioether (sulfide) groups is 1. The van der Waals surface area contributed by atoms with Crippen LogP contribution in [0.3, 0.4) is 0 Å². The number of esters is 1. The van der Waals surface area contributed by atoms with Crippen molar-refractivity contribution >= 4 is 28.6 Å². The Bertz CT molecular complexity index is 694. The lowest BCUT2D eigenvalue weighted by molar-refractivity contribution is -0.137. The summed E-state index contributed by atoms with van der Waals surface area (Å²) < 4.78 is 6.22. The van der Waals surface area contributed by atoms with Crippen LogP contribution in [0.2, 0.25) is 0 Å². The maximum absolute atomic E-state index is 12.5. The largest absolute Gasteiger partial charge is 0.468 e. The van der Waals surface area contributed by atoms with Gasteiger partial charge in [0, 0.05) is 6.04 Å². The molecular formula is C14H16N2O3S. The van der Waals surface area contributed by atoms with Crippen LogP contribution in [0.1, 0.15) is 19.9 Å². The molecule has 0 aliphatic carbocycles. The molecule has 0 fully saturated rings.